The summed E-state index contributed by atoms with van der Waals surface area (Å²) in [5, 5.41) is 13.3. The number of nitriles is 1. The molecule has 1 aromatic rings. The molecule has 4 heterocycles. The number of hydrogen-bond donors (Lipinski definition) is 2. The van der Waals surface area contributed by atoms with Crippen LogP contribution in [0.25, 0.3) is 0 Å². The van der Waals surface area contributed by atoms with Gasteiger partial charge in [0.2, 0.25) is 11.8 Å². The van der Waals surface area contributed by atoms with Crippen molar-refractivity contribution in [1.82, 2.24) is 15.5 Å². The number of allylic oxidation sites excluding steroid dienone is 4. The predicted molar refractivity (Wildman–Crippen MR) is 153 cm³/mol. The van der Waals surface area contributed by atoms with Crippen LogP contribution in [0.15, 0.2) is 75.4 Å². The van der Waals surface area contributed by atoms with Crippen LogP contribution in [0.3, 0.4) is 0 Å². The zero-order valence-electron chi connectivity index (χ0n) is 23.7. The Hall–Kier alpha value is -4.53. The second kappa shape index (κ2) is 11.6. The zero-order chi connectivity index (χ0) is 30.9. The number of alkyl halides is 3. The van der Waals surface area contributed by atoms with Crippen molar-refractivity contribution in [3.8, 4) is 6.07 Å². The summed E-state index contributed by atoms with van der Waals surface area (Å²) in [6.45, 7) is 1.83. The topological polar surface area (TPSA) is 127 Å². The fraction of sp³-hybridized carbons (Fsp3) is 0.419. The number of carbonyl (C=O) groups is 3. The summed E-state index contributed by atoms with van der Waals surface area (Å²) in [4.78, 5) is 48.8. The quantitative estimate of drug-likeness (QED) is 0.551. The molecular formula is C31H31F3N6O3. The Morgan fingerprint density at radius 2 is 1.95 bits per heavy atom. The molecule has 0 aromatic heterocycles. The van der Waals surface area contributed by atoms with E-state index in [0.29, 0.717) is 24.3 Å². The van der Waals surface area contributed by atoms with E-state index >= 15 is 0 Å². The normalized spacial score (nSPS) is 29.2. The van der Waals surface area contributed by atoms with Gasteiger partial charge in [-0.15, -0.1) is 0 Å². The summed E-state index contributed by atoms with van der Waals surface area (Å²) in [5.74, 6) is -1.63. The molecule has 224 valence electrons. The average Bonchev–Trinajstić information content (AvgIpc) is 3.49. The van der Waals surface area contributed by atoms with E-state index in [9.17, 15) is 27.6 Å². The molecule has 4 aliphatic heterocycles. The lowest BCUT2D eigenvalue weighted by Gasteiger charge is -2.43. The number of aliphatic imine (C=N–C) groups is 2. The number of piperidine rings is 1. The minimum Gasteiger partial charge on any atom is -0.384 e. The summed E-state index contributed by atoms with van der Waals surface area (Å²) in [6, 6.07) is 9.01. The zero-order valence-corrected chi connectivity index (χ0v) is 23.7. The van der Waals surface area contributed by atoms with Crippen molar-refractivity contribution in [1.29, 1.82) is 5.26 Å². The molecule has 2 unspecified atom stereocenters. The van der Waals surface area contributed by atoms with Crippen LogP contribution < -0.4 is 10.6 Å². The lowest BCUT2D eigenvalue weighted by molar-refractivity contribution is -0.171. The maximum absolute atomic E-state index is 13.4. The summed E-state index contributed by atoms with van der Waals surface area (Å²) >= 11 is 0. The van der Waals surface area contributed by atoms with Gasteiger partial charge in [0, 0.05) is 49.3 Å². The highest BCUT2D eigenvalue weighted by molar-refractivity contribution is 6.12. The van der Waals surface area contributed by atoms with Crippen molar-refractivity contribution in [2.24, 2.45) is 21.3 Å². The molecule has 5 atom stereocenters. The predicted octanol–water partition coefficient (Wildman–Crippen LogP) is 3.73. The largest absolute Gasteiger partial charge is 0.406 e. The number of amides is 3. The third kappa shape index (κ3) is 5.76. The Morgan fingerprint density at radius 3 is 2.65 bits per heavy atom. The molecule has 1 spiro atoms. The summed E-state index contributed by atoms with van der Waals surface area (Å²) in [5.41, 5.74) is 2.06. The van der Waals surface area contributed by atoms with Crippen LogP contribution in [0.5, 0.6) is 0 Å². The number of dihydropyridines is 2. The van der Waals surface area contributed by atoms with Crippen LogP contribution in [0.4, 0.5) is 13.2 Å². The first-order valence-electron chi connectivity index (χ1n) is 14.0. The molecular weight excluding hydrogens is 561 g/mol. The SMILES string of the molecule is CC#N.C[C@@H]1[C@H](c2ccccc2)C[C@H](NC(=O)C2=CC3=C(CC4(C3)C(=O)N=C3N=CC=CC34)NC2)C(=O)N1CC(F)(F)F. The number of hydrogen-bond acceptors (Lipinski definition) is 6. The van der Waals surface area contributed by atoms with Gasteiger partial charge < -0.3 is 15.5 Å². The van der Waals surface area contributed by atoms with Crippen LogP contribution in [0.1, 0.15) is 44.6 Å². The Kier molecular flexibility index (Phi) is 8.10. The fourth-order valence-corrected chi connectivity index (χ4v) is 6.63. The maximum atomic E-state index is 13.4. The van der Waals surface area contributed by atoms with E-state index in [1.165, 1.54) is 6.92 Å². The van der Waals surface area contributed by atoms with Crippen molar-refractivity contribution in [3.63, 3.8) is 0 Å². The van der Waals surface area contributed by atoms with Gasteiger partial charge in [0.15, 0.2) is 0 Å². The van der Waals surface area contributed by atoms with Gasteiger partial charge in [-0.05, 0) is 43.1 Å². The number of fused-ring (bicyclic) bond motifs is 2. The minimum atomic E-state index is -4.58. The molecule has 2 N–H and O–H groups in total. The molecule has 5 aliphatic rings. The Bertz CT molecular complexity index is 1520. The third-order valence-corrected chi connectivity index (χ3v) is 8.66. The molecule has 43 heavy (non-hydrogen) atoms. The summed E-state index contributed by atoms with van der Waals surface area (Å²) < 4.78 is 40.3. The number of rotatable bonds is 4. The first kappa shape index (κ1) is 29.9. The fourth-order valence-electron chi connectivity index (χ4n) is 6.63. The number of likely N-dealkylation sites (tertiary alicyclic amines) is 1. The highest BCUT2D eigenvalue weighted by Gasteiger charge is 2.56. The molecule has 1 aromatic carbocycles. The van der Waals surface area contributed by atoms with Crippen LogP contribution in [0.2, 0.25) is 0 Å². The van der Waals surface area contributed by atoms with Gasteiger partial charge in [0.1, 0.15) is 18.4 Å². The number of amidine groups is 1. The van der Waals surface area contributed by atoms with Crippen molar-refractivity contribution < 1.29 is 27.6 Å². The van der Waals surface area contributed by atoms with Gasteiger partial charge in [-0.1, -0.05) is 36.4 Å². The van der Waals surface area contributed by atoms with E-state index in [4.69, 9.17) is 5.26 Å². The van der Waals surface area contributed by atoms with Crippen LogP contribution >= 0.6 is 0 Å². The molecule has 6 rings (SSSR count). The van der Waals surface area contributed by atoms with Crippen molar-refractivity contribution >= 4 is 29.8 Å². The molecule has 12 heteroatoms. The Balaban J connectivity index is 0.00000118. The Morgan fingerprint density at radius 1 is 1.23 bits per heavy atom. The standard InChI is InChI=1S/C29H28F3N5O3.C2H3N/c1-16-20(17-6-3-2-4-7-17)11-22(26(39)37(16)15-29(30,31)32)35-25(38)19-10-18-12-28(13-23(18)34-14-19)21-8-5-9-33-24(21)36-27(28)40;1-2-3/h2-10,16,20-22,34H,11-15H2,1H3,(H,35,38);1H3/t16-,20-,21?,22+,28?;/m1./s1. The van der Waals surface area contributed by atoms with Gasteiger partial charge in [-0.3, -0.25) is 14.4 Å². The van der Waals surface area contributed by atoms with E-state index in [1.54, 1.807) is 43.5 Å². The first-order valence-corrected chi connectivity index (χ1v) is 14.0. The molecule has 9 nitrogen and oxygen atoms in total. The van der Waals surface area contributed by atoms with Crippen LogP contribution in [-0.4, -0.2) is 66.0 Å². The van der Waals surface area contributed by atoms with Crippen molar-refractivity contribution in [3.05, 3.63) is 71.0 Å². The van der Waals surface area contributed by atoms with E-state index in [-0.39, 0.29) is 30.7 Å². The number of halogens is 3. The highest BCUT2D eigenvalue weighted by atomic mass is 19.4. The smallest absolute Gasteiger partial charge is 0.384 e. The van der Waals surface area contributed by atoms with Crippen molar-refractivity contribution in [2.75, 3.05) is 13.1 Å². The second-order valence-electron chi connectivity index (χ2n) is 11.3. The number of carbonyl (C=O) groups excluding carboxylic acids is 3. The monoisotopic (exact) mass is 592 g/mol. The minimum absolute atomic E-state index is 0.174. The van der Waals surface area contributed by atoms with Crippen LogP contribution in [0, 0.1) is 22.7 Å². The number of nitrogens with zero attached hydrogens (tertiary/aromatic N) is 4. The second-order valence-corrected chi connectivity index (χ2v) is 11.3. The first-order chi connectivity index (χ1) is 20.5. The van der Waals surface area contributed by atoms with Gasteiger partial charge in [-0.2, -0.15) is 23.4 Å². The Labute approximate surface area is 246 Å². The molecule has 0 saturated carbocycles. The molecule has 1 fully saturated rings. The van der Waals surface area contributed by atoms with Gasteiger partial charge in [0.25, 0.3) is 5.91 Å². The third-order valence-electron chi connectivity index (χ3n) is 8.66. The van der Waals surface area contributed by atoms with E-state index in [0.717, 1.165) is 21.7 Å². The van der Waals surface area contributed by atoms with E-state index in [1.807, 2.05) is 24.3 Å². The lowest BCUT2D eigenvalue weighted by atomic mass is 9.72. The lowest BCUT2D eigenvalue weighted by Crippen LogP contribution is -2.60. The average molecular weight is 593 g/mol. The van der Waals surface area contributed by atoms with Crippen LogP contribution in [-0.2, 0) is 14.4 Å². The van der Waals surface area contributed by atoms with Gasteiger partial charge in [-0.25, -0.2) is 4.99 Å². The molecule has 0 bridgehead atoms. The highest BCUT2D eigenvalue weighted by Crippen LogP contribution is 2.53. The van der Waals surface area contributed by atoms with Gasteiger partial charge >= 0.3 is 6.18 Å². The molecule has 1 saturated heterocycles. The molecule has 3 amide bonds. The summed E-state index contributed by atoms with van der Waals surface area (Å²) in [6.07, 6.45) is 3.52. The number of benzene rings is 1. The molecule has 0 radical (unpaired) electrons. The summed E-state index contributed by atoms with van der Waals surface area (Å²) in [7, 11) is 0. The van der Waals surface area contributed by atoms with E-state index < -0.39 is 42.0 Å². The maximum Gasteiger partial charge on any atom is 0.406 e. The molecule has 1 aliphatic carbocycles. The number of nitrogens with one attached hydrogen (secondary N) is 2. The van der Waals surface area contributed by atoms with Gasteiger partial charge in [0.05, 0.1) is 17.4 Å². The van der Waals surface area contributed by atoms with E-state index in [2.05, 4.69) is 20.6 Å². The van der Waals surface area contributed by atoms with Crippen molar-refractivity contribution in [2.45, 2.75) is 57.3 Å².